The molecule has 0 bridgehead atoms. The summed E-state index contributed by atoms with van der Waals surface area (Å²) in [5.74, 6) is 1.37. The van der Waals surface area contributed by atoms with Gasteiger partial charge in [-0.1, -0.05) is 93.3 Å². The van der Waals surface area contributed by atoms with Gasteiger partial charge in [-0.25, -0.2) is 19.9 Å². The van der Waals surface area contributed by atoms with Gasteiger partial charge in [-0.2, -0.15) is 0 Å². The Morgan fingerprint density at radius 1 is 0.676 bits per heavy atom. The molecule has 2 heterocycles. The number of hydrogen-bond donors (Lipinski definition) is 0. The molecule has 0 saturated carbocycles. The topological polar surface area (TPSA) is 60.8 Å². The van der Waals surface area contributed by atoms with Crippen molar-refractivity contribution in [2.45, 2.75) is 52.6 Å². The van der Waals surface area contributed by atoms with E-state index in [4.69, 9.17) is 14.7 Å². The second-order valence-electron chi connectivity index (χ2n) is 8.43. The summed E-state index contributed by atoms with van der Waals surface area (Å²) in [5.41, 5.74) is 5.60. The van der Waals surface area contributed by atoms with Gasteiger partial charge in [0.25, 0.3) is 0 Å². The summed E-state index contributed by atoms with van der Waals surface area (Å²) in [6, 6.07) is 20.4. The molecule has 0 N–H and O–H groups in total. The highest BCUT2D eigenvalue weighted by atomic mass is 16.5. The maximum atomic E-state index is 5.92. The fourth-order valence-corrected chi connectivity index (χ4v) is 3.95. The van der Waals surface area contributed by atoms with E-state index in [2.05, 4.69) is 41.2 Å². The predicted octanol–water partition coefficient (Wildman–Crippen LogP) is 7.06. The summed E-state index contributed by atoms with van der Waals surface area (Å²) in [6.07, 6.45) is 9.85. The predicted molar refractivity (Wildman–Crippen MR) is 137 cm³/mol. The first-order chi connectivity index (χ1) is 16.8. The van der Waals surface area contributed by atoms with E-state index in [-0.39, 0.29) is 0 Å². The average Bonchev–Trinajstić information content (AvgIpc) is 2.89. The third-order valence-electron chi connectivity index (χ3n) is 5.77. The average molecular weight is 453 g/mol. The van der Waals surface area contributed by atoms with E-state index < -0.39 is 0 Å². The van der Waals surface area contributed by atoms with Crippen LogP contribution in [0.3, 0.4) is 0 Å². The molecule has 34 heavy (non-hydrogen) atoms. The van der Waals surface area contributed by atoms with Crippen LogP contribution in [0.25, 0.3) is 33.6 Å². The van der Waals surface area contributed by atoms with E-state index in [9.17, 15) is 0 Å². The van der Waals surface area contributed by atoms with Crippen molar-refractivity contribution >= 4 is 0 Å². The van der Waals surface area contributed by atoms with Crippen molar-refractivity contribution in [1.82, 2.24) is 19.9 Å². The van der Waals surface area contributed by atoms with Crippen molar-refractivity contribution in [3.8, 4) is 33.6 Å². The molecule has 174 valence electrons. The van der Waals surface area contributed by atoms with Gasteiger partial charge in [0.15, 0.2) is 5.82 Å². The van der Waals surface area contributed by atoms with E-state index in [1.807, 2.05) is 55.7 Å². The van der Waals surface area contributed by atoms with Crippen LogP contribution in [0.5, 0.6) is 0 Å². The number of hydrogen-bond acceptors (Lipinski definition) is 5. The molecule has 5 heteroatoms. The molecule has 0 radical (unpaired) electrons. The second-order valence-corrected chi connectivity index (χ2v) is 8.43. The largest absolute Gasteiger partial charge is 0.373 e. The van der Waals surface area contributed by atoms with Gasteiger partial charge in [0.2, 0.25) is 0 Å². The van der Waals surface area contributed by atoms with Crippen LogP contribution >= 0.6 is 0 Å². The minimum Gasteiger partial charge on any atom is -0.373 e. The van der Waals surface area contributed by atoms with Crippen molar-refractivity contribution in [1.29, 1.82) is 0 Å². The fourth-order valence-electron chi connectivity index (χ4n) is 3.95. The first kappa shape index (κ1) is 23.7. The number of rotatable bonds is 11. The molecule has 0 amide bonds. The van der Waals surface area contributed by atoms with Gasteiger partial charge >= 0.3 is 0 Å². The standard InChI is InChI=1S/C29H32N4O/c1-3-4-5-6-13-18-34-21-27-31-20-26(24-16-11-8-12-17-24)29(33-27)28-25(19-30-22(2)32-28)23-14-9-7-10-15-23/h7-12,14-17,19-20H,3-6,13,18,21H2,1-2H3. The minimum atomic E-state index is 0.389. The van der Waals surface area contributed by atoms with Gasteiger partial charge < -0.3 is 4.74 Å². The van der Waals surface area contributed by atoms with Crippen LogP contribution < -0.4 is 0 Å². The Labute approximate surface area is 202 Å². The zero-order valence-electron chi connectivity index (χ0n) is 20.1. The normalized spacial score (nSPS) is 11.0. The first-order valence-electron chi connectivity index (χ1n) is 12.1. The molecule has 0 aliphatic carbocycles. The van der Waals surface area contributed by atoms with Gasteiger partial charge in [0.1, 0.15) is 23.8 Å². The molecule has 0 unspecified atom stereocenters. The highest BCUT2D eigenvalue weighted by Gasteiger charge is 2.18. The lowest BCUT2D eigenvalue weighted by molar-refractivity contribution is 0.111. The van der Waals surface area contributed by atoms with Crippen LogP contribution in [0.2, 0.25) is 0 Å². The summed E-state index contributed by atoms with van der Waals surface area (Å²) in [4.78, 5) is 18.9. The lowest BCUT2D eigenvalue weighted by Gasteiger charge is -2.14. The highest BCUT2D eigenvalue weighted by Crippen LogP contribution is 2.35. The quantitative estimate of drug-likeness (QED) is 0.228. The number of nitrogens with zero attached hydrogens (tertiary/aromatic N) is 4. The molecule has 0 spiro atoms. The lowest BCUT2D eigenvalue weighted by Crippen LogP contribution is -2.05. The van der Waals surface area contributed by atoms with Gasteiger partial charge in [-0.15, -0.1) is 0 Å². The molecular formula is C29H32N4O. The Balaban J connectivity index is 1.68. The number of aromatic nitrogens is 4. The summed E-state index contributed by atoms with van der Waals surface area (Å²) in [7, 11) is 0. The van der Waals surface area contributed by atoms with Gasteiger partial charge in [0.05, 0.1) is 0 Å². The number of aryl methyl sites for hydroxylation is 1. The third-order valence-corrected chi connectivity index (χ3v) is 5.77. The Hall–Kier alpha value is -3.44. The van der Waals surface area contributed by atoms with Crippen molar-refractivity contribution in [2.24, 2.45) is 0 Å². The molecule has 2 aromatic heterocycles. The molecule has 0 aliphatic heterocycles. The van der Waals surface area contributed by atoms with Crippen LogP contribution in [0, 0.1) is 6.92 Å². The minimum absolute atomic E-state index is 0.389. The first-order valence-corrected chi connectivity index (χ1v) is 12.1. The molecular weight excluding hydrogens is 420 g/mol. The summed E-state index contributed by atoms with van der Waals surface area (Å²) < 4.78 is 5.92. The fraction of sp³-hybridized carbons (Fsp3) is 0.310. The molecule has 0 fully saturated rings. The van der Waals surface area contributed by atoms with E-state index in [1.54, 1.807) is 0 Å². The van der Waals surface area contributed by atoms with Crippen LogP contribution in [-0.4, -0.2) is 26.5 Å². The number of ether oxygens (including phenoxy) is 1. The summed E-state index contributed by atoms with van der Waals surface area (Å²) in [6.45, 7) is 5.25. The summed E-state index contributed by atoms with van der Waals surface area (Å²) in [5, 5.41) is 0. The molecule has 4 aromatic rings. The van der Waals surface area contributed by atoms with Gasteiger partial charge in [-0.3, -0.25) is 0 Å². The third kappa shape index (κ3) is 6.12. The van der Waals surface area contributed by atoms with E-state index in [0.29, 0.717) is 18.3 Å². The molecule has 4 rings (SSSR count). The zero-order valence-corrected chi connectivity index (χ0v) is 20.1. The smallest absolute Gasteiger partial charge is 0.154 e. The van der Waals surface area contributed by atoms with Crippen molar-refractivity contribution in [3.63, 3.8) is 0 Å². The van der Waals surface area contributed by atoms with Gasteiger partial charge in [-0.05, 0) is 24.5 Å². The monoisotopic (exact) mass is 452 g/mol. The molecule has 5 nitrogen and oxygen atoms in total. The van der Waals surface area contributed by atoms with Crippen LogP contribution in [0.15, 0.2) is 73.1 Å². The number of unbranched alkanes of at least 4 members (excludes halogenated alkanes) is 4. The Bertz CT molecular complexity index is 1180. The number of benzene rings is 2. The molecule has 0 aliphatic rings. The maximum absolute atomic E-state index is 5.92. The Morgan fingerprint density at radius 2 is 1.26 bits per heavy atom. The van der Waals surface area contributed by atoms with Crippen LogP contribution in [-0.2, 0) is 11.3 Å². The SMILES string of the molecule is CCCCCCCOCc1ncc(-c2ccccc2)c(-c2nc(C)ncc2-c2ccccc2)n1. The summed E-state index contributed by atoms with van der Waals surface area (Å²) >= 11 is 0. The van der Waals surface area contributed by atoms with Crippen molar-refractivity contribution in [3.05, 3.63) is 84.7 Å². The highest BCUT2D eigenvalue weighted by molar-refractivity contribution is 5.86. The van der Waals surface area contributed by atoms with E-state index in [1.165, 1.54) is 25.7 Å². The lowest BCUT2D eigenvalue weighted by atomic mass is 9.98. The molecule has 0 atom stereocenters. The Morgan fingerprint density at radius 3 is 1.91 bits per heavy atom. The second kappa shape index (κ2) is 12.1. The van der Waals surface area contributed by atoms with Gasteiger partial charge in [0, 0.05) is 30.1 Å². The van der Waals surface area contributed by atoms with Crippen LogP contribution in [0.1, 0.15) is 50.7 Å². The van der Waals surface area contributed by atoms with Crippen LogP contribution in [0.4, 0.5) is 0 Å². The molecule has 2 aromatic carbocycles. The zero-order chi connectivity index (χ0) is 23.6. The van der Waals surface area contributed by atoms with E-state index >= 15 is 0 Å². The molecule has 0 saturated heterocycles. The Kier molecular flexibility index (Phi) is 8.47. The van der Waals surface area contributed by atoms with Crippen molar-refractivity contribution < 1.29 is 4.74 Å². The van der Waals surface area contributed by atoms with Crippen molar-refractivity contribution in [2.75, 3.05) is 6.61 Å². The van der Waals surface area contributed by atoms with E-state index in [0.717, 1.165) is 46.7 Å². The maximum Gasteiger partial charge on any atom is 0.154 e.